The van der Waals surface area contributed by atoms with Crippen molar-refractivity contribution in [1.29, 1.82) is 0 Å². The van der Waals surface area contributed by atoms with E-state index in [1.165, 1.54) is 44.1 Å². The summed E-state index contributed by atoms with van der Waals surface area (Å²) in [6.07, 6.45) is 11.0. The van der Waals surface area contributed by atoms with E-state index in [0.29, 0.717) is 19.4 Å². The maximum Gasteiger partial charge on any atom is 0.0783 e. The van der Waals surface area contributed by atoms with Crippen LogP contribution in [-0.2, 0) is 21.7 Å². The topological polar surface area (TPSA) is 0 Å². The van der Waals surface area contributed by atoms with Crippen LogP contribution in [-0.4, -0.2) is 54.2 Å². The summed E-state index contributed by atoms with van der Waals surface area (Å²) in [7, 11) is -10.8. The van der Waals surface area contributed by atoms with Crippen molar-refractivity contribution in [1.82, 2.24) is 0 Å². The fourth-order valence-electron chi connectivity index (χ4n) is 17.4. The Morgan fingerprint density at radius 1 is 0.500 bits per heavy atom. The first-order valence-electron chi connectivity index (χ1n) is 23.3. The summed E-state index contributed by atoms with van der Waals surface area (Å²) in [5.74, 6) is 0. The lowest BCUT2D eigenvalue weighted by atomic mass is 9.72. The molecule has 0 atom stereocenters. The lowest BCUT2D eigenvalue weighted by molar-refractivity contribution is 0.322. The van der Waals surface area contributed by atoms with Gasteiger partial charge in [-0.2, -0.15) is 0 Å². The largest absolute Gasteiger partial charge is 0.0783 e. The molecular formula is C49H88Si7. The second kappa shape index (κ2) is 13.2. The van der Waals surface area contributed by atoms with Crippen molar-refractivity contribution in [2.45, 2.75) is 236 Å². The Hall–Kier alpha value is -0.0418. The van der Waals surface area contributed by atoms with Crippen molar-refractivity contribution in [2.75, 3.05) is 0 Å². The van der Waals surface area contributed by atoms with Gasteiger partial charge in [-0.15, -0.1) is 0 Å². The van der Waals surface area contributed by atoms with Gasteiger partial charge in [0.25, 0.3) is 0 Å². The van der Waals surface area contributed by atoms with Crippen molar-refractivity contribution in [3.8, 4) is 0 Å². The second-order valence-corrected chi connectivity index (χ2v) is 70.9. The number of aryl methyl sites for hydroxylation is 3. The summed E-state index contributed by atoms with van der Waals surface area (Å²) in [5.41, 5.74) is 13.6. The molecule has 1 saturated heterocycles. The highest BCUT2D eigenvalue weighted by atomic mass is 30.0. The van der Waals surface area contributed by atoms with E-state index in [0.717, 1.165) is 0 Å². The molecule has 1 fully saturated rings. The molecule has 0 radical (unpaired) electrons. The minimum Gasteiger partial charge on any atom is -0.0696 e. The van der Waals surface area contributed by atoms with Gasteiger partial charge >= 0.3 is 0 Å². The van der Waals surface area contributed by atoms with Crippen molar-refractivity contribution in [2.24, 2.45) is 0 Å². The lowest BCUT2D eigenvalue weighted by Crippen LogP contribution is -2.76. The van der Waals surface area contributed by atoms with Crippen LogP contribution in [0.25, 0.3) is 0 Å². The van der Waals surface area contributed by atoms with Gasteiger partial charge in [-0.05, 0) is 133 Å². The molecule has 0 amide bonds. The lowest BCUT2D eigenvalue weighted by Gasteiger charge is -2.64. The molecule has 56 heavy (non-hydrogen) atoms. The summed E-state index contributed by atoms with van der Waals surface area (Å²) < 4.78 is 1.31. The van der Waals surface area contributed by atoms with Crippen LogP contribution in [0.4, 0.5) is 0 Å². The Kier molecular flexibility index (Phi) is 10.7. The van der Waals surface area contributed by atoms with Gasteiger partial charge in [0.05, 0.1) is 7.11 Å². The van der Waals surface area contributed by atoms with E-state index in [2.05, 4.69) is 178 Å². The summed E-state index contributed by atoms with van der Waals surface area (Å²) in [6, 6.07) is 8.29. The molecule has 2 aromatic rings. The van der Waals surface area contributed by atoms with Gasteiger partial charge < -0.3 is 0 Å². The Morgan fingerprint density at radius 2 is 0.804 bits per heavy atom. The van der Waals surface area contributed by atoms with E-state index >= 15 is 0 Å². The van der Waals surface area contributed by atoms with Gasteiger partial charge in [-0.1, -0.05) is 171 Å². The number of fused-ring (bicyclic) bond motifs is 2. The first kappa shape index (κ1) is 45.5. The van der Waals surface area contributed by atoms with Crippen LogP contribution in [0.1, 0.15) is 146 Å². The number of hydrogen-bond acceptors (Lipinski definition) is 0. The molecule has 312 valence electrons. The third kappa shape index (κ3) is 5.43. The van der Waals surface area contributed by atoms with Crippen molar-refractivity contribution >= 4 is 64.6 Å². The highest BCUT2D eigenvalue weighted by Gasteiger charge is 2.88. The van der Waals surface area contributed by atoms with Crippen LogP contribution in [0.5, 0.6) is 0 Å². The van der Waals surface area contributed by atoms with Crippen LogP contribution in [0.3, 0.4) is 0 Å². The molecule has 2 aliphatic heterocycles. The number of rotatable bonds is 10. The first-order valence-corrected chi connectivity index (χ1v) is 45.3. The molecule has 7 heteroatoms. The van der Waals surface area contributed by atoms with E-state index in [9.17, 15) is 0 Å². The molecule has 0 unspecified atom stereocenters. The summed E-state index contributed by atoms with van der Waals surface area (Å²) in [4.78, 5) is 0. The van der Waals surface area contributed by atoms with Gasteiger partial charge in [0, 0.05) is 47.1 Å². The normalized spacial score (nSPS) is 23.8. The molecule has 1 spiro atoms. The maximum atomic E-state index is 2.97. The van der Waals surface area contributed by atoms with Crippen molar-refractivity contribution in [3.05, 3.63) is 57.1 Å². The Labute approximate surface area is 355 Å². The van der Waals surface area contributed by atoms with Crippen molar-refractivity contribution in [3.63, 3.8) is 0 Å². The molecule has 0 saturated carbocycles. The minimum absolute atomic E-state index is 0.215. The Balaban J connectivity index is 2.03. The van der Waals surface area contributed by atoms with Crippen molar-refractivity contribution < 1.29 is 0 Å². The maximum absolute atomic E-state index is 2.97. The highest BCUT2D eigenvalue weighted by molar-refractivity contribution is 7.95. The zero-order chi connectivity index (χ0) is 42.6. The fourth-order valence-corrected chi connectivity index (χ4v) is 154. The Morgan fingerprint density at radius 3 is 1.09 bits per heavy atom. The quantitative estimate of drug-likeness (QED) is 0.209. The van der Waals surface area contributed by atoms with E-state index in [4.69, 9.17) is 0 Å². The smallest absolute Gasteiger partial charge is 0.0696 e. The minimum atomic E-state index is -2.11. The predicted octanol–water partition coefficient (Wildman–Crippen LogP) is 13.7. The molecule has 4 aliphatic rings. The Bertz CT molecular complexity index is 1830. The number of benzene rings is 2. The molecule has 0 N–H and O–H groups in total. The molecule has 2 aliphatic carbocycles. The highest BCUT2D eigenvalue weighted by Crippen LogP contribution is 2.79. The van der Waals surface area contributed by atoms with Crippen LogP contribution in [0.15, 0.2) is 18.2 Å². The third-order valence-corrected chi connectivity index (χ3v) is 90.4. The molecule has 2 heterocycles. The van der Waals surface area contributed by atoms with Gasteiger partial charge in [0.15, 0.2) is 0 Å². The van der Waals surface area contributed by atoms with Gasteiger partial charge in [0.1, 0.15) is 0 Å². The van der Waals surface area contributed by atoms with Crippen LogP contribution in [0.2, 0.25) is 87.1 Å². The fraction of sp³-hybridized carbons (Fsp3) is 0.755. The summed E-state index contributed by atoms with van der Waals surface area (Å²) in [6.45, 7) is 64.2. The van der Waals surface area contributed by atoms with E-state index in [1.807, 2.05) is 27.4 Å². The van der Waals surface area contributed by atoms with Gasteiger partial charge in [-0.3, -0.25) is 0 Å². The zero-order valence-electron chi connectivity index (χ0n) is 41.4. The van der Waals surface area contributed by atoms with E-state index < -0.39 is 54.2 Å². The SMILES string of the molecule is CCC1(CC)CC(C)(C)c2c1cc1c(c2[Si]2=[Si](c3c(C)cc(C)cc3C)[Si]23C([Si](C)(C)C)([Si](C)(C)C)CCC3([Si](C)(C)C)[Si](C)(C)C)C(C)(C)CC1(CC)CC. The predicted molar refractivity (Wildman–Crippen MR) is 271 cm³/mol. The molecule has 2 aromatic carbocycles. The van der Waals surface area contributed by atoms with Crippen LogP contribution < -0.4 is 10.4 Å². The third-order valence-electron chi connectivity index (χ3n) is 18.5. The van der Waals surface area contributed by atoms with E-state index in [-0.39, 0.29) is 10.8 Å². The molecule has 6 rings (SSSR count). The molecule has 0 nitrogen and oxygen atoms in total. The van der Waals surface area contributed by atoms with Gasteiger partial charge in [-0.25, -0.2) is 0 Å². The second-order valence-electron chi connectivity index (χ2n) is 25.8. The molecule has 0 aromatic heterocycles. The standard InChI is InChI=1S/C49H88Si7/c1-24-46(25-2)33-44(8,9)40-38(46)32-39-41(45(10,11)34-47(39,26-3)27-4)43(40)51-50(42-36(6)30-35(5)31-37(42)7)56(51)48(52(12,13)14,53(15,16)17)28-29-49(56,54(18,19)20)55(21,22)23/h30-32H,24-29,33-34H2,1-23H3. The number of hydrogen-bond donors (Lipinski definition) is 0. The van der Waals surface area contributed by atoms with Gasteiger partial charge in [0.2, 0.25) is 0 Å². The molecule has 0 bridgehead atoms. The average molecular weight is 874 g/mol. The monoisotopic (exact) mass is 873 g/mol. The average Bonchev–Trinajstić information content (AvgIpc) is 3.30. The zero-order valence-corrected chi connectivity index (χ0v) is 48.4. The van der Waals surface area contributed by atoms with E-state index in [1.54, 1.807) is 24.0 Å². The van der Waals surface area contributed by atoms with Crippen LogP contribution >= 0.6 is 0 Å². The summed E-state index contributed by atoms with van der Waals surface area (Å²) >= 11 is 0. The first-order chi connectivity index (χ1) is 25.3. The summed E-state index contributed by atoms with van der Waals surface area (Å²) in [5, 5.41) is 4.16. The van der Waals surface area contributed by atoms with Crippen LogP contribution in [0, 0.1) is 20.8 Å². The molecular weight excluding hydrogens is 785 g/mol.